The van der Waals surface area contributed by atoms with E-state index in [9.17, 15) is 9.59 Å². The van der Waals surface area contributed by atoms with Crippen LogP contribution in [0.4, 0.5) is 0 Å². The average molecular weight is 356 g/mol. The fourth-order valence-electron chi connectivity index (χ4n) is 2.58. The summed E-state index contributed by atoms with van der Waals surface area (Å²) in [6, 6.07) is 14.1. The van der Waals surface area contributed by atoms with Crippen LogP contribution < -0.4 is 29.8 Å². The molecule has 2 N–H and O–H groups in total. The van der Waals surface area contributed by atoms with E-state index in [1.165, 1.54) is 0 Å². The molecule has 0 aromatic heterocycles. The van der Waals surface area contributed by atoms with E-state index in [1.54, 1.807) is 36.4 Å². The molecule has 0 spiro atoms. The van der Waals surface area contributed by atoms with Crippen molar-refractivity contribution in [1.29, 1.82) is 0 Å². The number of hydrazine groups is 1. The summed E-state index contributed by atoms with van der Waals surface area (Å²) >= 11 is 0. The van der Waals surface area contributed by atoms with Gasteiger partial charge in [0.25, 0.3) is 11.8 Å². The summed E-state index contributed by atoms with van der Waals surface area (Å²) in [5, 5.41) is 0. The van der Waals surface area contributed by atoms with E-state index in [-0.39, 0.29) is 13.2 Å². The Morgan fingerprint density at radius 3 is 1.50 bits per heavy atom. The lowest BCUT2D eigenvalue weighted by Crippen LogP contribution is -2.55. The molecule has 2 aliphatic rings. The zero-order valence-electron chi connectivity index (χ0n) is 13.6. The summed E-state index contributed by atoms with van der Waals surface area (Å²) in [7, 11) is 0. The lowest BCUT2D eigenvalue weighted by molar-refractivity contribution is -0.138. The highest BCUT2D eigenvalue weighted by Crippen LogP contribution is 2.31. The molecule has 2 aromatic carbocycles. The van der Waals surface area contributed by atoms with Crippen LogP contribution in [-0.2, 0) is 9.59 Å². The van der Waals surface area contributed by atoms with E-state index < -0.39 is 24.0 Å². The van der Waals surface area contributed by atoms with Gasteiger partial charge < -0.3 is 18.9 Å². The molecule has 0 aliphatic carbocycles. The van der Waals surface area contributed by atoms with E-state index in [0.717, 1.165) is 0 Å². The van der Waals surface area contributed by atoms with Gasteiger partial charge in [-0.15, -0.1) is 0 Å². The van der Waals surface area contributed by atoms with Gasteiger partial charge in [0.2, 0.25) is 12.2 Å². The van der Waals surface area contributed by atoms with Crippen molar-refractivity contribution in [1.82, 2.24) is 10.9 Å². The average Bonchev–Trinajstić information content (AvgIpc) is 2.71. The minimum absolute atomic E-state index is 0.0507. The molecule has 2 aliphatic heterocycles. The molecular formula is C18H16N2O6. The van der Waals surface area contributed by atoms with E-state index in [2.05, 4.69) is 10.9 Å². The molecule has 134 valence electrons. The number of carbonyl (C=O) groups excluding carboxylic acids is 2. The van der Waals surface area contributed by atoms with Crippen LogP contribution in [0.5, 0.6) is 23.0 Å². The third kappa shape index (κ3) is 3.21. The molecule has 0 unspecified atom stereocenters. The SMILES string of the molecule is O=C(NNC(=O)[C@H]1COc2ccccc2O1)[C@@H]1COc2ccccc2O1. The Morgan fingerprint density at radius 2 is 1.08 bits per heavy atom. The number of hydrogen-bond acceptors (Lipinski definition) is 6. The molecule has 26 heavy (non-hydrogen) atoms. The quantitative estimate of drug-likeness (QED) is 0.774. The first-order chi connectivity index (χ1) is 12.7. The zero-order valence-corrected chi connectivity index (χ0v) is 13.6. The molecular weight excluding hydrogens is 340 g/mol. The maximum Gasteiger partial charge on any atom is 0.283 e. The Kier molecular flexibility index (Phi) is 4.22. The first kappa shape index (κ1) is 16.1. The predicted molar refractivity (Wildman–Crippen MR) is 89.0 cm³/mol. The molecule has 8 nitrogen and oxygen atoms in total. The molecule has 2 aromatic rings. The minimum atomic E-state index is -0.866. The first-order valence-electron chi connectivity index (χ1n) is 8.07. The van der Waals surface area contributed by atoms with Crippen molar-refractivity contribution < 1.29 is 28.5 Å². The summed E-state index contributed by atoms with van der Waals surface area (Å²) in [5.74, 6) is 1.06. The Labute approximate surface area is 149 Å². The van der Waals surface area contributed by atoms with E-state index >= 15 is 0 Å². The molecule has 8 heteroatoms. The lowest BCUT2D eigenvalue weighted by Gasteiger charge is -2.27. The number of benzene rings is 2. The van der Waals surface area contributed by atoms with Gasteiger partial charge in [-0.25, -0.2) is 0 Å². The Balaban J connectivity index is 1.30. The number of hydrogen-bond donors (Lipinski definition) is 2. The molecule has 2 atom stereocenters. The van der Waals surface area contributed by atoms with E-state index in [4.69, 9.17) is 18.9 Å². The summed E-state index contributed by atoms with van der Waals surface area (Å²) in [6.45, 7) is 0.101. The van der Waals surface area contributed by atoms with E-state index in [1.807, 2.05) is 12.1 Å². The molecule has 2 amide bonds. The Bertz CT molecular complexity index is 770. The van der Waals surface area contributed by atoms with Crippen LogP contribution in [0.15, 0.2) is 48.5 Å². The zero-order chi connectivity index (χ0) is 17.9. The van der Waals surface area contributed by atoms with Crippen LogP contribution in [0.25, 0.3) is 0 Å². The van der Waals surface area contributed by atoms with Gasteiger partial charge in [-0.1, -0.05) is 24.3 Å². The highest BCUT2D eigenvalue weighted by atomic mass is 16.6. The van der Waals surface area contributed by atoms with Crippen LogP contribution in [0.1, 0.15) is 0 Å². The van der Waals surface area contributed by atoms with Gasteiger partial charge in [0.15, 0.2) is 23.0 Å². The molecule has 0 radical (unpaired) electrons. The van der Waals surface area contributed by atoms with Gasteiger partial charge in [0.1, 0.15) is 13.2 Å². The van der Waals surface area contributed by atoms with Crippen LogP contribution in [0.2, 0.25) is 0 Å². The largest absolute Gasteiger partial charge is 0.485 e. The molecule has 4 rings (SSSR count). The number of rotatable bonds is 2. The fraction of sp³-hybridized carbons (Fsp3) is 0.222. The second kappa shape index (κ2) is 6.83. The van der Waals surface area contributed by atoms with Crippen LogP contribution in [0, 0.1) is 0 Å². The molecule has 0 saturated heterocycles. The fourth-order valence-corrected chi connectivity index (χ4v) is 2.58. The van der Waals surface area contributed by atoms with Gasteiger partial charge in [0, 0.05) is 0 Å². The van der Waals surface area contributed by atoms with Crippen molar-refractivity contribution in [2.24, 2.45) is 0 Å². The second-order valence-electron chi connectivity index (χ2n) is 5.71. The lowest BCUT2D eigenvalue weighted by atomic mass is 10.2. The second-order valence-corrected chi connectivity index (χ2v) is 5.71. The summed E-state index contributed by atoms with van der Waals surface area (Å²) in [4.78, 5) is 24.4. The third-order valence-corrected chi connectivity index (χ3v) is 3.91. The van der Waals surface area contributed by atoms with Crippen molar-refractivity contribution in [3.05, 3.63) is 48.5 Å². The summed E-state index contributed by atoms with van der Waals surface area (Å²) < 4.78 is 22.1. The molecule has 0 saturated carbocycles. The normalized spacial score (nSPS) is 20.0. The smallest absolute Gasteiger partial charge is 0.283 e. The summed E-state index contributed by atoms with van der Waals surface area (Å²) in [5.41, 5.74) is 4.65. The van der Waals surface area contributed by atoms with Crippen LogP contribution >= 0.6 is 0 Å². The number of carbonyl (C=O) groups is 2. The van der Waals surface area contributed by atoms with Gasteiger partial charge in [-0.2, -0.15) is 0 Å². The predicted octanol–water partition coefficient (Wildman–Crippen LogP) is 0.814. The van der Waals surface area contributed by atoms with Crippen LogP contribution in [-0.4, -0.2) is 37.2 Å². The number of ether oxygens (including phenoxy) is 4. The summed E-state index contributed by atoms with van der Waals surface area (Å²) in [6.07, 6.45) is -1.73. The standard InChI is InChI=1S/C18H16N2O6/c21-17(15-9-23-11-5-1-3-7-13(11)25-15)19-20-18(22)16-10-24-12-6-2-4-8-14(12)26-16/h1-8,15-16H,9-10H2,(H,19,21)(H,20,22)/t15-,16+. The van der Waals surface area contributed by atoms with Crippen molar-refractivity contribution in [2.45, 2.75) is 12.2 Å². The minimum Gasteiger partial charge on any atom is -0.485 e. The van der Waals surface area contributed by atoms with Gasteiger partial charge in [-0.3, -0.25) is 20.4 Å². The van der Waals surface area contributed by atoms with Gasteiger partial charge >= 0.3 is 0 Å². The number of fused-ring (bicyclic) bond motifs is 2. The number of amides is 2. The highest BCUT2D eigenvalue weighted by Gasteiger charge is 2.30. The topological polar surface area (TPSA) is 95.1 Å². The number of nitrogens with one attached hydrogen (secondary N) is 2. The Hall–Kier alpha value is -3.42. The maximum absolute atomic E-state index is 12.2. The van der Waals surface area contributed by atoms with Gasteiger partial charge in [0.05, 0.1) is 0 Å². The van der Waals surface area contributed by atoms with Crippen molar-refractivity contribution in [3.8, 4) is 23.0 Å². The molecule has 0 bridgehead atoms. The van der Waals surface area contributed by atoms with Crippen molar-refractivity contribution >= 4 is 11.8 Å². The van der Waals surface area contributed by atoms with E-state index in [0.29, 0.717) is 23.0 Å². The van der Waals surface area contributed by atoms with Gasteiger partial charge in [-0.05, 0) is 24.3 Å². The van der Waals surface area contributed by atoms with Crippen molar-refractivity contribution in [2.75, 3.05) is 13.2 Å². The maximum atomic E-state index is 12.2. The highest BCUT2D eigenvalue weighted by molar-refractivity contribution is 5.87. The number of para-hydroxylation sites is 4. The molecule has 2 heterocycles. The monoisotopic (exact) mass is 356 g/mol. The third-order valence-electron chi connectivity index (χ3n) is 3.91. The Morgan fingerprint density at radius 1 is 0.692 bits per heavy atom. The first-order valence-corrected chi connectivity index (χ1v) is 8.07. The van der Waals surface area contributed by atoms with Crippen molar-refractivity contribution in [3.63, 3.8) is 0 Å². The van der Waals surface area contributed by atoms with Crippen LogP contribution in [0.3, 0.4) is 0 Å². The molecule has 0 fully saturated rings.